The summed E-state index contributed by atoms with van der Waals surface area (Å²) in [5.41, 5.74) is 3.30. The van der Waals surface area contributed by atoms with Crippen LogP contribution in [-0.2, 0) is 19.6 Å². The van der Waals surface area contributed by atoms with E-state index in [4.69, 9.17) is 4.74 Å². The minimum Gasteiger partial charge on any atom is -0.452 e. The Labute approximate surface area is 194 Å². The molecular weight excluding hydrogens is 449 g/mol. The average Bonchev–Trinajstić information content (AvgIpc) is 3.10. The lowest BCUT2D eigenvalue weighted by atomic mass is 9.70. The molecule has 2 fully saturated rings. The Morgan fingerprint density at radius 3 is 2.45 bits per heavy atom. The summed E-state index contributed by atoms with van der Waals surface area (Å²) in [6.45, 7) is 9.63. The molecule has 2 atom stereocenters. The Hall–Kier alpha value is -2.33. The van der Waals surface area contributed by atoms with E-state index in [0.717, 1.165) is 47.5 Å². The fraction of sp³-hybridized carbons (Fsp3) is 0.609. The monoisotopic (exact) mass is 481 g/mol. The van der Waals surface area contributed by atoms with Gasteiger partial charge in [-0.1, -0.05) is 34.6 Å². The Kier molecular flexibility index (Phi) is 7.00. The molecule has 1 unspecified atom stereocenters. The van der Waals surface area contributed by atoms with Crippen LogP contribution in [0.4, 0.5) is 4.39 Å². The van der Waals surface area contributed by atoms with E-state index in [1.807, 2.05) is 0 Å². The predicted molar refractivity (Wildman–Crippen MR) is 122 cm³/mol. The van der Waals surface area contributed by atoms with Gasteiger partial charge in [-0.2, -0.15) is 9.41 Å². The van der Waals surface area contributed by atoms with Crippen molar-refractivity contribution in [2.24, 2.45) is 21.8 Å². The number of ether oxygens (including phenoxy) is 1. The second-order valence-electron chi connectivity index (χ2n) is 9.40. The van der Waals surface area contributed by atoms with Gasteiger partial charge in [0.15, 0.2) is 6.61 Å². The van der Waals surface area contributed by atoms with Gasteiger partial charge >= 0.3 is 5.97 Å². The number of nitrogens with zero attached hydrogens (tertiary/aromatic N) is 2. The van der Waals surface area contributed by atoms with Crippen molar-refractivity contribution in [3.63, 3.8) is 0 Å². The first-order valence-electron chi connectivity index (χ1n) is 11.2. The highest BCUT2D eigenvalue weighted by Crippen LogP contribution is 2.63. The van der Waals surface area contributed by atoms with Gasteiger partial charge in [0.25, 0.3) is 5.91 Å². The number of carbonyl (C=O) groups is 2. The number of rotatable bonds is 8. The van der Waals surface area contributed by atoms with Crippen LogP contribution >= 0.6 is 0 Å². The largest absolute Gasteiger partial charge is 0.452 e. The molecular formula is C23H32FN3O5S. The van der Waals surface area contributed by atoms with Crippen LogP contribution in [0.1, 0.15) is 64.2 Å². The zero-order valence-electron chi connectivity index (χ0n) is 19.8. The first kappa shape index (κ1) is 25.3. The zero-order chi connectivity index (χ0) is 24.6. The number of carbonyl (C=O) groups excluding carboxylic acids is 2. The summed E-state index contributed by atoms with van der Waals surface area (Å²) in [7, 11) is -4.10. The maximum atomic E-state index is 14.2. The summed E-state index contributed by atoms with van der Waals surface area (Å²) in [6, 6.07) is 2.95. The van der Waals surface area contributed by atoms with Crippen LogP contribution in [0.15, 0.2) is 28.2 Å². The summed E-state index contributed by atoms with van der Waals surface area (Å²) < 4.78 is 45.6. The van der Waals surface area contributed by atoms with Crippen LogP contribution in [0.25, 0.3) is 0 Å². The number of sulfonamides is 1. The minimum absolute atomic E-state index is 0.0670. The molecule has 2 aliphatic carbocycles. The number of halogens is 1. The standard InChI is InChI=1S/C23H32FN3O5S/c1-6-27(7-2)33(30,31)18-12-15(8-9-17(18)24)21(29)32-14-20(28)26-25-19-13-16-10-11-23(19,5)22(16,3)4/h8-9,12,16H,6-7,10-11,13-14H2,1-5H3,(H,26,28)/t16?,23-/m0/s1. The summed E-state index contributed by atoms with van der Waals surface area (Å²) in [4.78, 5) is 24.0. The fourth-order valence-electron chi connectivity index (χ4n) is 5.00. The lowest BCUT2D eigenvalue weighted by Gasteiger charge is -2.34. The first-order valence-corrected chi connectivity index (χ1v) is 12.6. The number of nitrogens with one attached hydrogen (secondary N) is 1. The van der Waals surface area contributed by atoms with E-state index < -0.39 is 39.2 Å². The normalized spacial score (nSPS) is 24.9. The number of hydrogen-bond acceptors (Lipinski definition) is 6. The van der Waals surface area contributed by atoms with Crippen LogP contribution in [0.5, 0.6) is 0 Å². The van der Waals surface area contributed by atoms with Gasteiger partial charge in [0.2, 0.25) is 10.0 Å². The van der Waals surface area contributed by atoms with Crippen molar-refractivity contribution in [3.8, 4) is 0 Å². The molecule has 8 nitrogen and oxygen atoms in total. The number of esters is 1. The molecule has 2 bridgehead atoms. The number of benzene rings is 1. The highest BCUT2D eigenvalue weighted by atomic mass is 32.2. The second-order valence-corrected chi connectivity index (χ2v) is 11.3. The van der Waals surface area contributed by atoms with E-state index in [1.54, 1.807) is 13.8 Å². The highest BCUT2D eigenvalue weighted by molar-refractivity contribution is 7.89. The molecule has 0 spiro atoms. The molecule has 0 aromatic heterocycles. The van der Waals surface area contributed by atoms with E-state index in [2.05, 4.69) is 31.3 Å². The fourth-order valence-corrected chi connectivity index (χ4v) is 6.55. The molecule has 33 heavy (non-hydrogen) atoms. The Bertz CT molecular complexity index is 1080. The number of amides is 1. The molecule has 0 saturated heterocycles. The molecule has 2 saturated carbocycles. The third-order valence-corrected chi connectivity index (χ3v) is 9.72. The SMILES string of the molecule is CCN(CC)S(=O)(=O)c1cc(C(=O)OCC(=O)NN=C2CC3CC[C@]2(C)C3(C)C)ccc1F. The lowest BCUT2D eigenvalue weighted by molar-refractivity contribution is -0.124. The third-order valence-electron chi connectivity index (χ3n) is 7.65. The van der Waals surface area contributed by atoms with Gasteiger partial charge in [0, 0.05) is 24.2 Å². The van der Waals surface area contributed by atoms with Crippen molar-refractivity contribution < 1.29 is 27.1 Å². The molecule has 1 N–H and O–H groups in total. The molecule has 1 aromatic rings. The zero-order valence-corrected chi connectivity index (χ0v) is 20.6. The number of hydrogen-bond donors (Lipinski definition) is 1. The van der Waals surface area contributed by atoms with Crippen LogP contribution < -0.4 is 5.43 Å². The van der Waals surface area contributed by atoms with Gasteiger partial charge in [-0.05, 0) is 48.8 Å². The maximum Gasteiger partial charge on any atom is 0.338 e. The minimum atomic E-state index is -4.10. The summed E-state index contributed by atoms with van der Waals surface area (Å²) in [5, 5.41) is 4.31. The van der Waals surface area contributed by atoms with Crippen LogP contribution in [0.3, 0.4) is 0 Å². The Morgan fingerprint density at radius 1 is 1.24 bits per heavy atom. The van der Waals surface area contributed by atoms with Crippen LogP contribution in [0.2, 0.25) is 0 Å². The summed E-state index contributed by atoms with van der Waals surface area (Å²) >= 11 is 0. The van der Waals surface area contributed by atoms with Gasteiger partial charge in [-0.25, -0.2) is 23.0 Å². The smallest absolute Gasteiger partial charge is 0.338 e. The first-order chi connectivity index (χ1) is 15.4. The van der Waals surface area contributed by atoms with E-state index in [-0.39, 0.29) is 29.5 Å². The molecule has 10 heteroatoms. The second kappa shape index (κ2) is 9.13. The molecule has 2 aliphatic rings. The lowest BCUT2D eigenvalue weighted by Crippen LogP contribution is -2.35. The molecule has 0 heterocycles. The van der Waals surface area contributed by atoms with Crippen molar-refractivity contribution in [1.29, 1.82) is 0 Å². The van der Waals surface area contributed by atoms with Crippen LogP contribution in [0, 0.1) is 22.6 Å². The Morgan fingerprint density at radius 2 is 1.91 bits per heavy atom. The third kappa shape index (κ3) is 4.42. The average molecular weight is 482 g/mol. The maximum absolute atomic E-state index is 14.2. The molecule has 3 rings (SSSR count). The van der Waals surface area contributed by atoms with Gasteiger partial charge in [0.1, 0.15) is 10.7 Å². The van der Waals surface area contributed by atoms with E-state index >= 15 is 0 Å². The molecule has 0 radical (unpaired) electrons. The van der Waals surface area contributed by atoms with Crippen molar-refractivity contribution in [3.05, 3.63) is 29.6 Å². The van der Waals surface area contributed by atoms with E-state index in [1.165, 1.54) is 0 Å². The summed E-state index contributed by atoms with van der Waals surface area (Å²) in [5.74, 6) is -1.95. The Balaban J connectivity index is 1.64. The van der Waals surface area contributed by atoms with E-state index in [9.17, 15) is 22.4 Å². The number of fused-ring (bicyclic) bond motifs is 2. The van der Waals surface area contributed by atoms with Gasteiger partial charge < -0.3 is 4.74 Å². The molecule has 0 aliphatic heterocycles. The van der Waals surface area contributed by atoms with Crippen molar-refractivity contribution in [1.82, 2.24) is 9.73 Å². The van der Waals surface area contributed by atoms with Gasteiger partial charge in [-0.15, -0.1) is 0 Å². The molecule has 1 aromatic carbocycles. The van der Waals surface area contributed by atoms with Gasteiger partial charge in [-0.3, -0.25) is 4.79 Å². The summed E-state index contributed by atoms with van der Waals surface area (Å²) in [6.07, 6.45) is 3.01. The molecule has 1 amide bonds. The van der Waals surface area contributed by atoms with Crippen LogP contribution in [-0.4, -0.2) is 50.0 Å². The predicted octanol–water partition coefficient (Wildman–Crippen LogP) is 3.33. The quantitative estimate of drug-likeness (QED) is 0.453. The van der Waals surface area contributed by atoms with Gasteiger partial charge in [0.05, 0.1) is 5.56 Å². The number of hydrazone groups is 1. The topological polar surface area (TPSA) is 105 Å². The van der Waals surface area contributed by atoms with Crippen molar-refractivity contribution in [2.45, 2.75) is 58.8 Å². The van der Waals surface area contributed by atoms with Crippen molar-refractivity contribution >= 4 is 27.6 Å². The van der Waals surface area contributed by atoms with E-state index in [0.29, 0.717) is 5.92 Å². The van der Waals surface area contributed by atoms with Crippen molar-refractivity contribution in [2.75, 3.05) is 19.7 Å². The highest BCUT2D eigenvalue weighted by Gasteiger charge is 2.60. The molecule has 182 valence electrons.